The van der Waals surface area contributed by atoms with Crippen molar-refractivity contribution < 1.29 is 9.45 Å². The van der Waals surface area contributed by atoms with Gasteiger partial charge in [0.05, 0.1) is 4.92 Å². The van der Waals surface area contributed by atoms with Crippen LogP contribution in [0, 0.1) is 13.7 Å². The van der Waals surface area contributed by atoms with Crippen molar-refractivity contribution in [1.82, 2.24) is 5.16 Å². The molecule has 2 aromatic rings. The number of nitrogen functional groups attached to an aromatic ring is 1. The summed E-state index contributed by atoms with van der Waals surface area (Å²) in [6, 6.07) is 6.01. The second-order valence-electron chi connectivity index (χ2n) is 3.01. The Morgan fingerprint density at radius 1 is 1.38 bits per heavy atom. The lowest BCUT2D eigenvalue weighted by atomic mass is 10.1. The number of nitrogens with zero attached hydrogens (tertiary/aromatic N) is 2. The second-order valence-corrected chi connectivity index (χ2v) is 4.09. The van der Waals surface area contributed by atoms with Crippen LogP contribution in [0.4, 0.5) is 11.5 Å². The fraction of sp³-hybridized carbons (Fsp3) is 0. The number of nitro benzene ring substituents is 1. The van der Waals surface area contributed by atoms with Crippen LogP contribution in [0.15, 0.2) is 28.8 Å². The van der Waals surface area contributed by atoms with E-state index in [1.54, 1.807) is 12.1 Å². The zero-order valence-electron chi connectivity index (χ0n) is 7.88. The first-order valence-electron chi connectivity index (χ1n) is 4.25. The Balaban J connectivity index is 2.42. The van der Waals surface area contributed by atoms with Gasteiger partial charge >= 0.3 is 0 Å². The SMILES string of the molecule is Nc1noc(-c2ccc([N+](=O)[O-])cc2)c1I. The fourth-order valence-electron chi connectivity index (χ4n) is 1.21. The molecule has 0 aliphatic carbocycles. The van der Waals surface area contributed by atoms with Gasteiger partial charge < -0.3 is 10.3 Å². The van der Waals surface area contributed by atoms with Crippen molar-refractivity contribution in [3.63, 3.8) is 0 Å². The molecule has 0 amide bonds. The average Bonchev–Trinajstić information content (AvgIpc) is 2.60. The van der Waals surface area contributed by atoms with Gasteiger partial charge in [0, 0.05) is 17.7 Å². The van der Waals surface area contributed by atoms with Gasteiger partial charge in [-0.25, -0.2) is 0 Å². The van der Waals surface area contributed by atoms with Crippen LogP contribution < -0.4 is 5.73 Å². The molecule has 0 bridgehead atoms. The molecule has 0 aliphatic heterocycles. The summed E-state index contributed by atoms with van der Waals surface area (Å²) in [5.41, 5.74) is 6.28. The van der Waals surface area contributed by atoms with Crippen LogP contribution >= 0.6 is 22.6 Å². The van der Waals surface area contributed by atoms with Gasteiger partial charge in [-0.2, -0.15) is 0 Å². The molecule has 0 spiro atoms. The zero-order chi connectivity index (χ0) is 11.7. The summed E-state index contributed by atoms with van der Waals surface area (Å²) in [5.74, 6) is 0.835. The maximum Gasteiger partial charge on any atom is 0.269 e. The second kappa shape index (κ2) is 4.08. The summed E-state index contributed by atoms with van der Waals surface area (Å²) in [4.78, 5) is 10.0. The van der Waals surface area contributed by atoms with Gasteiger partial charge in [0.15, 0.2) is 11.6 Å². The van der Waals surface area contributed by atoms with Gasteiger partial charge in [0.2, 0.25) is 0 Å². The number of anilines is 1. The number of halogens is 1. The predicted molar refractivity (Wildman–Crippen MR) is 65.7 cm³/mol. The van der Waals surface area contributed by atoms with E-state index in [-0.39, 0.29) is 5.69 Å². The molecule has 7 heteroatoms. The fourth-order valence-corrected chi connectivity index (χ4v) is 1.71. The molecule has 0 fully saturated rings. The standard InChI is InChI=1S/C9H6IN3O3/c10-7-8(16-12-9(7)11)5-1-3-6(4-2-5)13(14)15/h1-4H,(H2,11,12). The highest BCUT2D eigenvalue weighted by Crippen LogP contribution is 2.29. The lowest BCUT2D eigenvalue weighted by Crippen LogP contribution is -1.88. The number of benzene rings is 1. The lowest BCUT2D eigenvalue weighted by Gasteiger charge is -1.96. The van der Waals surface area contributed by atoms with Gasteiger partial charge in [-0.15, -0.1) is 0 Å². The molecule has 0 saturated heterocycles. The molecule has 0 atom stereocenters. The Kier molecular flexibility index (Phi) is 2.77. The molecule has 1 aromatic heterocycles. The third kappa shape index (κ3) is 1.85. The first kappa shape index (κ1) is 10.9. The molecule has 2 N–H and O–H groups in total. The number of hydrogen-bond donors (Lipinski definition) is 1. The van der Waals surface area contributed by atoms with Crippen LogP contribution in [0.5, 0.6) is 0 Å². The van der Waals surface area contributed by atoms with E-state index in [0.717, 1.165) is 0 Å². The monoisotopic (exact) mass is 331 g/mol. The molecule has 0 saturated carbocycles. The number of hydrogen-bond acceptors (Lipinski definition) is 5. The van der Waals surface area contributed by atoms with Crippen molar-refractivity contribution in [3.05, 3.63) is 37.9 Å². The molecular formula is C9H6IN3O3. The number of nitrogens with two attached hydrogens (primary N) is 1. The van der Waals surface area contributed by atoms with E-state index in [9.17, 15) is 10.1 Å². The van der Waals surface area contributed by atoms with Crippen molar-refractivity contribution >= 4 is 34.1 Å². The number of aromatic nitrogens is 1. The van der Waals surface area contributed by atoms with Gasteiger partial charge in [0.25, 0.3) is 5.69 Å². The third-order valence-electron chi connectivity index (χ3n) is 2.00. The minimum absolute atomic E-state index is 0.0336. The predicted octanol–water partition coefficient (Wildman–Crippen LogP) is 2.44. The first-order valence-corrected chi connectivity index (χ1v) is 5.33. The van der Waals surface area contributed by atoms with E-state index in [0.29, 0.717) is 20.7 Å². The Bertz CT molecular complexity index is 535. The van der Waals surface area contributed by atoms with Crippen LogP contribution in [0.1, 0.15) is 0 Å². The molecule has 16 heavy (non-hydrogen) atoms. The normalized spacial score (nSPS) is 10.3. The van der Waals surface area contributed by atoms with Crippen LogP contribution in [-0.4, -0.2) is 10.1 Å². The highest BCUT2D eigenvalue weighted by Gasteiger charge is 2.14. The summed E-state index contributed by atoms with van der Waals surface area (Å²) >= 11 is 2.01. The van der Waals surface area contributed by atoms with E-state index in [1.165, 1.54) is 12.1 Å². The maximum atomic E-state index is 10.5. The van der Waals surface area contributed by atoms with E-state index < -0.39 is 4.92 Å². The Hall–Kier alpha value is -1.64. The van der Waals surface area contributed by atoms with E-state index in [4.69, 9.17) is 10.3 Å². The Morgan fingerprint density at radius 2 is 2.00 bits per heavy atom. The van der Waals surface area contributed by atoms with Crippen molar-refractivity contribution in [2.45, 2.75) is 0 Å². The smallest absolute Gasteiger partial charge is 0.269 e. The van der Waals surface area contributed by atoms with Crippen molar-refractivity contribution in [2.75, 3.05) is 5.73 Å². The number of rotatable bonds is 2. The largest absolute Gasteiger partial charge is 0.380 e. The Morgan fingerprint density at radius 3 is 2.44 bits per heavy atom. The molecule has 0 unspecified atom stereocenters. The summed E-state index contributed by atoms with van der Waals surface area (Å²) < 4.78 is 5.73. The summed E-state index contributed by atoms with van der Waals surface area (Å²) in [6.07, 6.45) is 0. The van der Waals surface area contributed by atoms with E-state index >= 15 is 0 Å². The van der Waals surface area contributed by atoms with Gasteiger partial charge in [-0.05, 0) is 34.7 Å². The third-order valence-corrected chi connectivity index (χ3v) is 3.04. The van der Waals surface area contributed by atoms with Crippen molar-refractivity contribution in [3.8, 4) is 11.3 Å². The molecule has 1 heterocycles. The quantitative estimate of drug-likeness (QED) is 0.518. The van der Waals surface area contributed by atoms with Gasteiger partial charge in [-0.1, -0.05) is 5.16 Å². The molecule has 0 aliphatic rings. The van der Waals surface area contributed by atoms with Crippen LogP contribution in [0.25, 0.3) is 11.3 Å². The van der Waals surface area contributed by atoms with Gasteiger partial charge in [-0.3, -0.25) is 10.1 Å². The molecule has 82 valence electrons. The molecule has 1 aromatic carbocycles. The maximum absolute atomic E-state index is 10.5. The molecule has 0 radical (unpaired) electrons. The highest BCUT2D eigenvalue weighted by molar-refractivity contribution is 14.1. The highest BCUT2D eigenvalue weighted by atomic mass is 127. The average molecular weight is 331 g/mol. The van der Waals surface area contributed by atoms with Crippen LogP contribution in [0.2, 0.25) is 0 Å². The van der Waals surface area contributed by atoms with Crippen LogP contribution in [0.3, 0.4) is 0 Å². The Labute approximate surface area is 104 Å². The molecule has 2 rings (SSSR count). The summed E-state index contributed by atoms with van der Waals surface area (Å²) in [7, 11) is 0. The summed E-state index contributed by atoms with van der Waals surface area (Å²) in [5, 5.41) is 14.1. The van der Waals surface area contributed by atoms with Crippen LogP contribution in [-0.2, 0) is 0 Å². The summed E-state index contributed by atoms with van der Waals surface area (Å²) in [6.45, 7) is 0. The first-order chi connectivity index (χ1) is 7.59. The minimum Gasteiger partial charge on any atom is -0.380 e. The molecule has 6 nitrogen and oxygen atoms in total. The lowest BCUT2D eigenvalue weighted by molar-refractivity contribution is -0.384. The van der Waals surface area contributed by atoms with Gasteiger partial charge in [0.1, 0.15) is 3.57 Å². The zero-order valence-corrected chi connectivity index (χ0v) is 10.0. The van der Waals surface area contributed by atoms with Crippen molar-refractivity contribution in [1.29, 1.82) is 0 Å². The number of nitro groups is 1. The topological polar surface area (TPSA) is 95.2 Å². The number of non-ortho nitro benzene ring substituents is 1. The minimum atomic E-state index is -0.455. The van der Waals surface area contributed by atoms with E-state index in [2.05, 4.69) is 5.16 Å². The van der Waals surface area contributed by atoms with Crippen molar-refractivity contribution in [2.24, 2.45) is 0 Å². The van der Waals surface area contributed by atoms with E-state index in [1.807, 2.05) is 22.6 Å². The molecular weight excluding hydrogens is 325 g/mol.